The predicted molar refractivity (Wildman–Crippen MR) is 126 cm³/mol. The van der Waals surface area contributed by atoms with Gasteiger partial charge in [-0.15, -0.1) is 0 Å². The number of halogens is 1. The predicted octanol–water partition coefficient (Wildman–Crippen LogP) is 1.50. The highest BCUT2D eigenvalue weighted by atomic mass is 19.1. The number of carbonyl (C=O) groups excluding carboxylic acids is 2. The second-order valence-corrected chi connectivity index (χ2v) is 8.18. The maximum atomic E-state index is 13.2. The fourth-order valence-corrected chi connectivity index (χ4v) is 3.62. The van der Waals surface area contributed by atoms with E-state index in [4.69, 9.17) is 4.74 Å². The van der Waals surface area contributed by atoms with Gasteiger partial charge in [0, 0.05) is 31.7 Å². The summed E-state index contributed by atoms with van der Waals surface area (Å²) in [6.45, 7) is 2.55. The summed E-state index contributed by atoms with van der Waals surface area (Å²) in [4.78, 5) is 34.8. The molecule has 2 amide bonds. The number of hydrogen-bond donors (Lipinski definition) is 4. The summed E-state index contributed by atoms with van der Waals surface area (Å²) >= 11 is 0. The van der Waals surface area contributed by atoms with Gasteiger partial charge >= 0.3 is 0 Å². The average Bonchev–Trinajstić information content (AvgIpc) is 2.92. The van der Waals surface area contributed by atoms with E-state index in [1.165, 1.54) is 24.5 Å². The van der Waals surface area contributed by atoms with Crippen LogP contribution in [0, 0.1) is 5.82 Å². The molecule has 4 N–H and O–H groups in total. The zero-order chi connectivity index (χ0) is 25.5. The van der Waals surface area contributed by atoms with Gasteiger partial charge in [-0.3, -0.25) is 14.9 Å². The molecule has 1 aromatic heterocycles. The molecule has 1 aliphatic heterocycles. The lowest BCUT2D eigenvalue weighted by Gasteiger charge is -2.26. The van der Waals surface area contributed by atoms with E-state index in [2.05, 4.69) is 20.6 Å². The summed E-state index contributed by atoms with van der Waals surface area (Å²) in [6.07, 6.45) is -0.0476. The number of morpholine rings is 1. The van der Waals surface area contributed by atoms with Gasteiger partial charge in [0.15, 0.2) is 11.6 Å². The Hall–Kier alpha value is -3.93. The molecule has 0 spiro atoms. The standard InChI is InChI=1S/C25H26FN5O5/c26-19-6-3-17(11-22(19)32)14-28-24(34)21-12-20(29-15-30-21)23(33)27-13-16-1-4-18(5-2-16)25(35)31-7-9-36-10-8-31/h1-6,11-12,15,24,28,32,34H,7-10,13-14H2,(H,27,33). The zero-order valence-corrected chi connectivity index (χ0v) is 19.4. The molecular weight excluding hydrogens is 469 g/mol. The Labute approximate surface area is 206 Å². The Morgan fingerprint density at radius 3 is 2.47 bits per heavy atom. The minimum absolute atomic E-state index is 0.0502. The second-order valence-electron chi connectivity index (χ2n) is 8.18. The molecule has 2 heterocycles. The van der Waals surface area contributed by atoms with Crippen molar-refractivity contribution in [3.8, 4) is 5.75 Å². The Kier molecular flexibility index (Phi) is 8.16. The number of aromatic hydroxyl groups is 1. The number of aliphatic hydroxyl groups is 1. The van der Waals surface area contributed by atoms with Crippen molar-refractivity contribution in [3.05, 3.63) is 88.8 Å². The van der Waals surface area contributed by atoms with Gasteiger partial charge in [0.1, 0.15) is 18.2 Å². The van der Waals surface area contributed by atoms with Crippen LogP contribution in [0.4, 0.5) is 4.39 Å². The van der Waals surface area contributed by atoms with Crippen LogP contribution in [0.2, 0.25) is 0 Å². The van der Waals surface area contributed by atoms with Crippen molar-refractivity contribution in [1.29, 1.82) is 0 Å². The Bertz CT molecular complexity index is 1220. The van der Waals surface area contributed by atoms with Crippen LogP contribution in [0.3, 0.4) is 0 Å². The van der Waals surface area contributed by atoms with E-state index in [9.17, 15) is 24.2 Å². The fraction of sp³-hybridized carbons (Fsp3) is 0.280. The molecular formula is C25H26FN5O5. The molecule has 4 rings (SSSR count). The van der Waals surface area contributed by atoms with E-state index in [1.807, 2.05) is 0 Å². The Morgan fingerprint density at radius 2 is 1.75 bits per heavy atom. The van der Waals surface area contributed by atoms with Crippen molar-refractivity contribution in [3.63, 3.8) is 0 Å². The number of phenolic OH excluding ortho intramolecular Hbond substituents is 1. The highest BCUT2D eigenvalue weighted by Gasteiger charge is 2.18. The summed E-state index contributed by atoms with van der Waals surface area (Å²) in [5.41, 5.74) is 2.18. The number of ether oxygens (including phenoxy) is 1. The number of amides is 2. The minimum atomic E-state index is -1.22. The van der Waals surface area contributed by atoms with Gasteiger partial charge in [-0.25, -0.2) is 14.4 Å². The average molecular weight is 496 g/mol. The maximum Gasteiger partial charge on any atom is 0.270 e. The number of nitrogens with one attached hydrogen (secondary N) is 2. The van der Waals surface area contributed by atoms with Crippen LogP contribution in [0.5, 0.6) is 5.75 Å². The number of carbonyl (C=O) groups is 2. The molecule has 1 saturated heterocycles. The lowest BCUT2D eigenvalue weighted by molar-refractivity contribution is 0.0303. The first-order chi connectivity index (χ1) is 17.4. The number of phenols is 1. The molecule has 188 valence electrons. The van der Waals surface area contributed by atoms with Crippen molar-refractivity contribution in [2.24, 2.45) is 0 Å². The van der Waals surface area contributed by atoms with E-state index in [0.29, 0.717) is 37.4 Å². The summed E-state index contributed by atoms with van der Waals surface area (Å²) in [6, 6.07) is 12.2. The van der Waals surface area contributed by atoms with Crippen molar-refractivity contribution in [1.82, 2.24) is 25.5 Å². The van der Waals surface area contributed by atoms with Gasteiger partial charge in [0.2, 0.25) is 0 Å². The molecule has 0 radical (unpaired) electrons. The van der Waals surface area contributed by atoms with Crippen LogP contribution < -0.4 is 10.6 Å². The van der Waals surface area contributed by atoms with E-state index in [1.54, 1.807) is 29.2 Å². The van der Waals surface area contributed by atoms with Gasteiger partial charge in [0.05, 0.1) is 18.9 Å². The van der Waals surface area contributed by atoms with E-state index >= 15 is 0 Å². The highest BCUT2D eigenvalue weighted by Crippen LogP contribution is 2.17. The molecule has 0 bridgehead atoms. The largest absolute Gasteiger partial charge is 0.505 e. The van der Waals surface area contributed by atoms with Crippen molar-refractivity contribution < 1.29 is 28.9 Å². The molecule has 0 aliphatic carbocycles. The van der Waals surface area contributed by atoms with Crippen molar-refractivity contribution in [2.75, 3.05) is 26.3 Å². The molecule has 11 heteroatoms. The van der Waals surface area contributed by atoms with Gasteiger partial charge in [0.25, 0.3) is 11.8 Å². The number of nitrogens with zero attached hydrogens (tertiary/aromatic N) is 3. The van der Waals surface area contributed by atoms with Crippen LogP contribution >= 0.6 is 0 Å². The molecule has 1 unspecified atom stereocenters. The molecule has 10 nitrogen and oxygen atoms in total. The molecule has 1 aliphatic rings. The number of rotatable bonds is 8. The van der Waals surface area contributed by atoms with Crippen molar-refractivity contribution >= 4 is 11.8 Å². The first kappa shape index (κ1) is 25.2. The number of aliphatic hydroxyl groups excluding tert-OH is 1. The molecule has 2 aromatic carbocycles. The van der Waals surface area contributed by atoms with Gasteiger partial charge < -0.3 is 25.2 Å². The Balaban J connectivity index is 1.30. The number of aromatic nitrogens is 2. The minimum Gasteiger partial charge on any atom is -0.505 e. The van der Waals surface area contributed by atoms with Crippen LogP contribution in [0.25, 0.3) is 0 Å². The monoisotopic (exact) mass is 495 g/mol. The van der Waals surface area contributed by atoms with Gasteiger partial charge in [-0.1, -0.05) is 18.2 Å². The number of benzene rings is 2. The molecule has 3 aromatic rings. The molecule has 36 heavy (non-hydrogen) atoms. The summed E-state index contributed by atoms with van der Waals surface area (Å²) < 4.78 is 18.5. The third-order valence-corrected chi connectivity index (χ3v) is 5.66. The lowest BCUT2D eigenvalue weighted by Crippen LogP contribution is -2.40. The molecule has 1 fully saturated rings. The third kappa shape index (κ3) is 6.39. The summed E-state index contributed by atoms with van der Waals surface area (Å²) in [5, 5.41) is 25.4. The molecule has 1 atom stereocenters. The first-order valence-electron chi connectivity index (χ1n) is 11.4. The summed E-state index contributed by atoms with van der Waals surface area (Å²) in [5.74, 6) is -1.72. The summed E-state index contributed by atoms with van der Waals surface area (Å²) in [7, 11) is 0. The highest BCUT2D eigenvalue weighted by molar-refractivity contribution is 5.94. The third-order valence-electron chi connectivity index (χ3n) is 5.66. The van der Waals surface area contributed by atoms with Crippen molar-refractivity contribution in [2.45, 2.75) is 19.3 Å². The smallest absolute Gasteiger partial charge is 0.270 e. The molecule has 0 saturated carbocycles. The van der Waals surface area contributed by atoms with E-state index in [0.717, 1.165) is 11.6 Å². The zero-order valence-electron chi connectivity index (χ0n) is 19.4. The topological polar surface area (TPSA) is 137 Å². The fourth-order valence-electron chi connectivity index (χ4n) is 3.62. The maximum absolute atomic E-state index is 13.2. The normalized spacial score (nSPS) is 14.3. The lowest BCUT2D eigenvalue weighted by atomic mass is 10.1. The van der Waals surface area contributed by atoms with E-state index in [-0.39, 0.29) is 30.4 Å². The van der Waals surface area contributed by atoms with Crippen LogP contribution in [0.15, 0.2) is 54.9 Å². The first-order valence-corrected chi connectivity index (χ1v) is 11.4. The SMILES string of the molecule is O=C(NCc1ccc(C(=O)N2CCOCC2)cc1)c1cc(C(O)NCc2ccc(F)c(O)c2)ncn1. The van der Waals surface area contributed by atoms with Gasteiger partial charge in [-0.2, -0.15) is 0 Å². The Morgan fingerprint density at radius 1 is 1.03 bits per heavy atom. The van der Waals surface area contributed by atoms with E-state index < -0.39 is 23.7 Å². The van der Waals surface area contributed by atoms with Crippen LogP contribution in [0.1, 0.15) is 43.9 Å². The second kappa shape index (κ2) is 11.7. The van der Waals surface area contributed by atoms with Crippen LogP contribution in [-0.2, 0) is 17.8 Å². The van der Waals surface area contributed by atoms with Crippen LogP contribution in [-0.4, -0.2) is 63.2 Å². The quantitative estimate of drug-likeness (QED) is 0.345. The van der Waals surface area contributed by atoms with Gasteiger partial charge in [-0.05, 0) is 41.5 Å². The number of hydrogen-bond acceptors (Lipinski definition) is 8.